The van der Waals surface area contributed by atoms with Crippen LogP contribution in [0, 0.1) is 26.2 Å². The molecule has 0 aromatic heterocycles. The summed E-state index contributed by atoms with van der Waals surface area (Å²) in [4.78, 5) is 19.4. The molecular formula is C22H20N2O2S. The smallest absolute Gasteiger partial charge is 0.266 e. The summed E-state index contributed by atoms with van der Waals surface area (Å²) in [5.74, 6) is 3.02. The molecule has 0 bridgehead atoms. The fourth-order valence-electron chi connectivity index (χ4n) is 2.55. The van der Waals surface area contributed by atoms with Crippen molar-refractivity contribution in [1.82, 2.24) is 4.90 Å². The Labute approximate surface area is 163 Å². The SMILES string of the molecule is C#CCOc1ccccc1/C=C1/SC(=Nc2ccc(C)c(C)c2)N(C)C1=O. The van der Waals surface area contributed by atoms with Gasteiger partial charge in [-0.3, -0.25) is 9.69 Å². The van der Waals surface area contributed by atoms with Crippen molar-refractivity contribution in [2.24, 2.45) is 4.99 Å². The molecule has 0 radical (unpaired) electrons. The highest BCUT2D eigenvalue weighted by Gasteiger charge is 2.30. The molecule has 0 unspecified atom stereocenters. The summed E-state index contributed by atoms with van der Waals surface area (Å²) in [6.07, 6.45) is 7.09. The molecule has 1 fully saturated rings. The van der Waals surface area contributed by atoms with Gasteiger partial charge in [0.2, 0.25) is 0 Å². The maximum atomic E-state index is 12.6. The van der Waals surface area contributed by atoms with E-state index < -0.39 is 0 Å². The number of terminal acetylenes is 1. The maximum Gasteiger partial charge on any atom is 0.266 e. The highest BCUT2D eigenvalue weighted by molar-refractivity contribution is 8.18. The lowest BCUT2D eigenvalue weighted by atomic mass is 10.1. The van der Waals surface area contributed by atoms with Crippen LogP contribution in [-0.2, 0) is 4.79 Å². The lowest BCUT2D eigenvalue weighted by Gasteiger charge is -2.08. The van der Waals surface area contributed by atoms with E-state index in [2.05, 4.69) is 17.8 Å². The fraction of sp³-hybridized carbons (Fsp3) is 0.182. The Hall–Kier alpha value is -2.97. The largest absolute Gasteiger partial charge is 0.480 e. The van der Waals surface area contributed by atoms with Crippen LogP contribution in [0.5, 0.6) is 5.75 Å². The van der Waals surface area contributed by atoms with E-state index in [4.69, 9.17) is 11.2 Å². The van der Waals surface area contributed by atoms with Crippen molar-refractivity contribution in [1.29, 1.82) is 0 Å². The molecular weight excluding hydrogens is 356 g/mol. The van der Waals surface area contributed by atoms with Crippen LogP contribution in [-0.4, -0.2) is 29.6 Å². The lowest BCUT2D eigenvalue weighted by molar-refractivity contribution is -0.121. The first kappa shape index (κ1) is 18.8. The number of rotatable bonds is 4. The highest BCUT2D eigenvalue weighted by Crippen LogP contribution is 2.34. The number of para-hydroxylation sites is 1. The van der Waals surface area contributed by atoms with E-state index in [-0.39, 0.29) is 12.5 Å². The number of thioether (sulfide) groups is 1. The molecule has 0 aliphatic carbocycles. The molecule has 2 aromatic rings. The van der Waals surface area contributed by atoms with Gasteiger partial charge in [-0.25, -0.2) is 4.99 Å². The van der Waals surface area contributed by atoms with E-state index in [0.717, 1.165) is 11.3 Å². The van der Waals surface area contributed by atoms with Crippen LogP contribution in [0.4, 0.5) is 5.69 Å². The topological polar surface area (TPSA) is 41.9 Å². The molecule has 1 heterocycles. The van der Waals surface area contributed by atoms with E-state index in [1.54, 1.807) is 11.9 Å². The van der Waals surface area contributed by atoms with E-state index in [1.165, 1.54) is 22.9 Å². The quantitative estimate of drug-likeness (QED) is 0.581. The number of aryl methyl sites for hydroxylation is 2. The first-order chi connectivity index (χ1) is 13.0. The number of aliphatic imine (C=N–C) groups is 1. The van der Waals surface area contributed by atoms with Gasteiger partial charge in [0.1, 0.15) is 12.4 Å². The average Bonchev–Trinajstić information content (AvgIpc) is 2.92. The van der Waals surface area contributed by atoms with Gasteiger partial charge in [0.25, 0.3) is 5.91 Å². The number of amides is 1. The minimum atomic E-state index is -0.0886. The van der Waals surface area contributed by atoms with Crippen LogP contribution in [0.15, 0.2) is 52.4 Å². The van der Waals surface area contributed by atoms with Crippen molar-refractivity contribution in [2.75, 3.05) is 13.7 Å². The Balaban J connectivity index is 1.90. The summed E-state index contributed by atoms with van der Waals surface area (Å²) in [7, 11) is 1.73. The lowest BCUT2D eigenvalue weighted by Crippen LogP contribution is -2.23. The van der Waals surface area contributed by atoms with Crippen LogP contribution in [0.1, 0.15) is 16.7 Å². The van der Waals surface area contributed by atoms with Crippen LogP contribution < -0.4 is 4.74 Å². The molecule has 0 atom stereocenters. The van der Waals surface area contributed by atoms with E-state index in [1.807, 2.05) is 55.5 Å². The summed E-state index contributed by atoms with van der Waals surface area (Å²) in [5.41, 5.74) is 4.03. The predicted octanol–water partition coefficient (Wildman–Crippen LogP) is 4.55. The molecule has 0 spiro atoms. The van der Waals surface area contributed by atoms with E-state index in [9.17, 15) is 4.79 Å². The van der Waals surface area contributed by atoms with Gasteiger partial charge in [0, 0.05) is 12.6 Å². The minimum Gasteiger partial charge on any atom is -0.480 e. The number of nitrogens with zero attached hydrogens (tertiary/aromatic N) is 2. The van der Waals surface area contributed by atoms with Crippen molar-refractivity contribution in [3.05, 3.63) is 64.1 Å². The Morgan fingerprint density at radius 1 is 1.22 bits per heavy atom. The summed E-state index contributed by atoms with van der Waals surface area (Å²) >= 11 is 1.35. The van der Waals surface area contributed by atoms with Gasteiger partial charge in [0.15, 0.2) is 5.17 Å². The van der Waals surface area contributed by atoms with Gasteiger partial charge in [-0.1, -0.05) is 30.2 Å². The summed E-state index contributed by atoms with van der Waals surface area (Å²) < 4.78 is 5.56. The Morgan fingerprint density at radius 3 is 2.74 bits per heavy atom. The second-order valence-electron chi connectivity index (χ2n) is 6.17. The third-order valence-electron chi connectivity index (χ3n) is 4.24. The number of hydrogen-bond donors (Lipinski definition) is 0. The third-order valence-corrected chi connectivity index (χ3v) is 5.30. The number of hydrogen-bond acceptors (Lipinski definition) is 4. The zero-order valence-corrected chi connectivity index (χ0v) is 16.3. The number of carbonyl (C=O) groups excluding carboxylic acids is 1. The van der Waals surface area contributed by atoms with Crippen LogP contribution in [0.3, 0.4) is 0 Å². The number of benzene rings is 2. The zero-order chi connectivity index (χ0) is 19.4. The molecule has 1 aliphatic heterocycles. The number of amidine groups is 1. The van der Waals surface area contributed by atoms with Gasteiger partial charge in [-0.2, -0.15) is 0 Å². The fourth-order valence-corrected chi connectivity index (χ4v) is 3.53. The summed E-state index contributed by atoms with van der Waals surface area (Å²) in [6, 6.07) is 13.5. The van der Waals surface area contributed by atoms with E-state index in [0.29, 0.717) is 15.8 Å². The van der Waals surface area contributed by atoms with Crippen molar-refractivity contribution in [3.63, 3.8) is 0 Å². The number of carbonyl (C=O) groups is 1. The summed E-state index contributed by atoms with van der Waals surface area (Å²) in [5, 5.41) is 0.650. The molecule has 2 aromatic carbocycles. The molecule has 1 saturated heterocycles. The Morgan fingerprint density at radius 2 is 2.00 bits per heavy atom. The van der Waals surface area contributed by atoms with Gasteiger partial charge < -0.3 is 4.74 Å². The Bertz CT molecular complexity index is 986. The molecule has 1 aliphatic rings. The maximum absolute atomic E-state index is 12.6. The monoisotopic (exact) mass is 376 g/mol. The standard InChI is InChI=1S/C22H20N2O2S/c1-5-12-26-19-9-7-6-8-17(19)14-20-21(25)24(4)22(27-20)23-18-11-10-15(2)16(3)13-18/h1,6-11,13-14H,12H2,2-4H3/b20-14+,23-22?. The van der Waals surface area contributed by atoms with Gasteiger partial charge >= 0.3 is 0 Å². The normalized spacial score (nSPS) is 16.8. The predicted molar refractivity (Wildman–Crippen MR) is 112 cm³/mol. The third kappa shape index (κ3) is 4.24. The first-order valence-electron chi connectivity index (χ1n) is 8.48. The molecule has 27 heavy (non-hydrogen) atoms. The van der Waals surface area contributed by atoms with Gasteiger partial charge in [-0.05, 0) is 61.0 Å². The van der Waals surface area contributed by atoms with E-state index >= 15 is 0 Å². The molecule has 3 rings (SSSR count). The highest BCUT2D eigenvalue weighted by atomic mass is 32.2. The zero-order valence-electron chi connectivity index (χ0n) is 15.5. The van der Waals surface area contributed by atoms with Crippen molar-refractivity contribution >= 4 is 34.6 Å². The second kappa shape index (κ2) is 8.15. The van der Waals surface area contributed by atoms with Gasteiger partial charge in [0.05, 0.1) is 10.6 Å². The van der Waals surface area contributed by atoms with Crippen molar-refractivity contribution in [3.8, 4) is 18.1 Å². The molecule has 1 amide bonds. The molecule has 136 valence electrons. The second-order valence-corrected chi connectivity index (χ2v) is 7.18. The molecule has 0 N–H and O–H groups in total. The van der Waals surface area contributed by atoms with Crippen LogP contribution >= 0.6 is 11.8 Å². The molecule has 4 nitrogen and oxygen atoms in total. The number of likely N-dealkylation sites (N-methyl/N-ethyl adjacent to an activating group) is 1. The Kier molecular flexibility index (Phi) is 5.68. The summed E-state index contributed by atoms with van der Waals surface area (Å²) in [6.45, 7) is 4.29. The molecule has 0 saturated carbocycles. The van der Waals surface area contributed by atoms with Crippen molar-refractivity contribution < 1.29 is 9.53 Å². The average molecular weight is 376 g/mol. The van der Waals surface area contributed by atoms with Crippen LogP contribution in [0.2, 0.25) is 0 Å². The number of ether oxygens (including phenoxy) is 1. The molecule has 5 heteroatoms. The van der Waals surface area contributed by atoms with Crippen LogP contribution in [0.25, 0.3) is 6.08 Å². The minimum absolute atomic E-state index is 0.0886. The van der Waals surface area contributed by atoms with Gasteiger partial charge in [-0.15, -0.1) is 6.42 Å². The van der Waals surface area contributed by atoms with Crippen molar-refractivity contribution in [2.45, 2.75) is 13.8 Å². The first-order valence-corrected chi connectivity index (χ1v) is 9.30.